The molecule has 1 rings (SSSR count). The summed E-state index contributed by atoms with van der Waals surface area (Å²) < 4.78 is 0. The zero-order valence-electron chi connectivity index (χ0n) is 7.57. The molecule has 74 valence electrons. The van der Waals surface area contributed by atoms with E-state index in [2.05, 4.69) is 17.5 Å². The maximum absolute atomic E-state index is 10.8. The molecule has 4 N–H and O–H groups in total. The van der Waals surface area contributed by atoms with Gasteiger partial charge in [0.05, 0.1) is 11.3 Å². The third kappa shape index (κ3) is 2.43. The monoisotopic (exact) mass is 210 g/mol. The number of thiocarbonyl (C=S) groups is 1. The van der Waals surface area contributed by atoms with Crippen molar-refractivity contribution in [2.24, 2.45) is 5.73 Å². The Hall–Kier alpha value is -1.62. The summed E-state index contributed by atoms with van der Waals surface area (Å²) >= 11 is 4.63. The number of hydrogen-bond acceptors (Lipinski definition) is 2. The second kappa shape index (κ2) is 4.06. The first-order valence-electron chi connectivity index (χ1n) is 3.91. The lowest BCUT2D eigenvalue weighted by atomic mass is 10.1. The van der Waals surface area contributed by atoms with Crippen LogP contribution in [0, 0.1) is 6.92 Å². The molecule has 5 heteroatoms. The Balaban J connectivity index is 3.14. The van der Waals surface area contributed by atoms with Crippen LogP contribution in [0.25, 0.3) is 0 Å². The molecule has 4 nitrogen and oxygen atoms in total. The van der Waals surface area contributed by atoms with Crippen molar-refractivity contribution in [3.05, 3.63) is 29.3 Å². The molecule has 0 fully saturated rings. The van der Waals surface area contributed by atoms with E-state index < -0.39 is 5.97 Å². The molecule has 0 spiro atoms. The molecule has 0 saturated heterocycles. The van der Waals surface area contributed by atoms with Gasteiger partial charge in [-0.1, -0.05) is 11.6 Å². The summed E-state index contributed by atoms with van der Waals surface area (Å²) in [6.45, 7) is 1.82. The summed E-state index contributed by atoms with van der Waals surface area (Å²) in [5.41, 5.74) is 6.71. The third-order valence-corrected chi connectivity index (χ3v) is 1.77. The maximum Gasteiger partial charge on any atom is 0.337 e. The lowest BCUT2D eigenvalue weighted by Gasteiger charge is -2.08. The van der Waals surface area contributed by atoms with E-state index in [0.29, 0.717) is 5.69 Å². The van der Waals surface area contributed by atoms with Gasteiger partial charge < -0.3 is 16.2 Å². The van der Waals surface area contributed by atoms with E-state index in [9.17, 15) is 4.79 Å². The van der Waals surface area contributed by atoms with Crippen LogP contribution >= 0.6 is 12.2 Å². The SMILES string of the molecule is Cc1ccc(NC(N)=S)c(C(=O)O)c1. The summed E-state index contributed by atoms with van der Waals surface area (Å²) in [5.74, 6) is -1.01. The number of aryl methyl sites for hydroxylation is 1. The minimum Gasteiger partial charge on any atom is -0.478 e. The molecule has 0 atom stereocenters. The van der Waals surface area contributed by atoms with Crippen molar-refractivity contribution in [2.75, 3.05) is 5.32 Å². The van der Waals surface area contributed by atoms with Gasteiger partial charge in [0.25, 0.3) is 0 Å². The molecule has 0 aliphatic rings. The summed E-state index contributed by atoms with van der Waals surface area (Å²) in [4.78, 5) is 10.8. The third-order valence-electron chi connectivity index (χ3n) is 1.66. The molecule has 1 aromatic rings. The van der Waals surface area contributed by atoms with Gasteiger partial charge in [0.1, 0.15) is 0 Å². The smallest absolute Gasteiger partial charge is 0.337 e. The van der Waals surface area contributed by atoms with E-state index in [-0.39, 0.29) is 10.7 Å². The van der Waals surface area contributed by atoms with Gasteiger partial charge >= 0.3 is 5.97 Å². The van der Waals surface area contributed by atoms with Crippen molar-refractivity contribution in [2.45, 2.75) is 6.92 Å². The second-order valence-corrected chi connectivity index (χ2v) is 3.28. The van der Waals surface area contributed by atoms with Crippen LogP contribution < -0.4 is 11.1 Å². The highest BCUT2D eigenvalue weighted by Gasteiger charge is 2.09. The lowest BCUT2D eigenvalue weighted by Crippen LogP contribution is -2.20. The minimum atomic E-state index is -1.01. The standard InChI is InChI=1S/C9H10N2O2S/c1-5-2-3-7(11-9(10)14)6(4-5)8(12)13/h2-4H,1H3,(H,12,13)(H3,10,11,14). The van der Waals surface area contributed by atoms with Gasteiger partial charge in [0.2, 0.25) is 0 Å². The first-order chi connectivity index (χ1) is 6.50. The van der Waals surface area contributed by atoms with E-state index in [4.69, 9.17) is 10.8 Å². The van der Waals surface area contributed by atoms with E-state index in [1.807, 2.05) is 6.92 Å². The number of nitrogens with one attached hydrogen (secondary N) is 1. The highest BCUT2D eigenvalue weighted by molar-refractivity contribution is 7.80. The summed E-state index contributed by atoms with van der Waals surface area (Å²) in [6, 6.07) is 4.98. The molecule has 14 heavy (non-hydrogen) atoms. The summed E-state index contributed by atoms with van der Waals surface area (Å²) in [7, 11) is 0. The molecule has 0 amide bonds. The van der Waals surface area contributed by atoms with Gasteiger partial charge in [-0.3, -0.25) is 0 Å². The van der Waals surface area contributed by atoms with Gasteiger partial charge in [0, 0.05) is 0 Å². The molecule has 0 bridgehead atoms. The van der Waals surface area contributed by atoms with Crippen LogP contribution in [0.5, 0.6) is 0 Å². The number of carbonyl (C=O) groups is 1. The van der Waals surface area contributed by atoms with Crippen LogP contribution in [0.2, 0.25) is 0 Å². The Bertz CT molecular complexity index is 390. The minimum absolute atomic E-state index is 0.0522. The van der Waals surface area contributed by atoms with Crippen molar-refractivity contribution < 1.29 is 9.90 Å². The van der Waals surface area contributed by atoms with Gasteiger partial charge in [-0.15, -0.1) is 0 Å². The predicted octanol–water partition coefficient (Wildman–Crippen LogP) is 1.35. The number of carboxylic acid groups (broad SMARTS) is 1. The molecule has 0 saturated carbocycles. The maximum atomic E-state index is 10.8. The zero-order chi connectivity index (χ0) is 10.7. The Morgan fingerprint density at radius 1 is 1.57 bits per heavy atom. The highest BCUT2D eigenvalue weighted by Crippen LogP contribution is 2.16. The van der Waals surface area contributed by atoms with E-state index >= 15 is 0 Å². The molecule has 0 aromatic heterocycles. The van der Waals surface area contributed by atoms with Gasteiger partial charge in [-0.2, -0.15) is 0 Å². The van der Waals surface area contributed by atoms with Crippen LogP contribution in [-0.4, -0.2) is 16.2 Å². The van der Waals surface area contributed by atoms with Crippen molar-refractivity contribution in [3.8, 4) is 0 Å². The van der Waals surface area contributed by atoms with Crippen molar-refractivity contribution in [1.29, 1.82) is 0 Å². The Kier molecular flexibility index (Phi) is 3.03. The Morgan fingerprint density at radius 3 is 2.71 bits per heavy atom. The Morgan fingerprint density at radius 2 is 2.21 bits per heavy atom. The fourth-order valence-corrected chi connectivity index (χ4v) is 1.19. The van der Waals surface area contributed by atoms with Gasteiger partial charge in [0.15, 0.2) is 5.11 Å². The first-order valence-corrected chi connectivity index (χ1v) is 4.32. The first kappa shape index (κ1) is 10.5. The van der Waals surface area contributed by atoms with Crippen LogP contribution in [0.3, 0.4) is 0 Å². The lowest BCUT2D eigenvalue weighted by molar-refractivity contribution is 0.0698. The van der Waals surface area contributed by atoms with Gasteiger partial charge in [-0.05, 0) is 31.3 Å². The largest absolute Gasteiger partial charge is 0.478 e. The number of benzene rings is 1. The average Bonchev–Trinajstić information content (AvgIpc) is 2.07. The number of nitrogens with two attached hydrogens (primary N) is 1. The zero-order valence-corrected chi connectivity index (χ0v) is 8.39. The van der Waals surface area contributed by atoms with E-state index in [1.54, 1.807) is 18.2 Å². The number of aromatic carboxylic acids is 1. The molecule has 0 radical (unpaired) electrons. The molecule has 0 aliphatic heterocycles. The number of rotatable bonds is 2. The normalized spacial score (nSPS) is 9.50. The van der Waals surface area contributed by atoms with Crippen molar-refractivity contribution in [1.82, 2.24) is 0 Å². The Labute approximate surface area is 86.7 Å². The summed E-state index contributed by atoms with van der Waals surface area (Å²) in [6.07, 6.45) is 0. The van der Waals surface area contributed by atoms with Crippen LogP contribution in [0.15, 0.2) is 18.2 Å². The van der Waals surface area contributed by atoms with Crippen molar-refractivity contribution >= 4 is 29.0 Å². The van der Waals surface area contributed by atoms with Crippen LogP contribution in [-0.2, 0) is 0 Å². The molecular formula is C9H10N2O2S. The highest BCUT2D eigenvalue weighted by atomic mass is 32.1. The van der Waals surface area contributed by atoms with E-state index in [0.717, 1.165) is 5.56 Å². The predicted molar refractivity (Wildman–Crippen MR) is 58.5 cm³/mol. The molecular weight excluding hydrogens is 200 g/mol. The van der Waals surface area contributed by atoms with Crippen LogP contribution in [0.1, 0.15) is 15.9 Å². The fourth-order valence-electron chi connectivity index (χ4n) is 1.08. The van der Waals surface area contributed by atoms with Crippen LogP contribution in [0.4, 0.5) is 5.69 Å². The van der Waals surface area contributed by atoms with Gasteiger partial charge in [-0.25, -0.2) is 4.79 Å². The molecule has 0 heterocycles. The fraction of sp³-hybridized carbons (Fsp3) is 0.111. The second-order valence-electron chi connectivity index (χ2n) is 2.84. The van der Waals surface area contributed by atoms with Crippen molar-refractivity contribution in [3.63, 3.8) is 0 Å². The average molecular weight is 210 g/mol. The number of carboxylic acids is 1. The molecule has 0 unspecified atom stereocenters. The number of anilines is 1. The molecule has 0 aliphatic carbocycles. The topological polar surface area (TPSA) is 75.3 Å². The van der Waals surface area contributed by atoms with E-state index in [1.165, 1.54) is 0 Å². The number of hydrogen-bond donors (Lipinski definition) is 3. The quantitative estimate of drug-likeness (QED) is 0.642. The molecule has 1 aromatic carbocycles. The summed E-state index contributed by atoms with van der Waals surface area (Å²) in [5, 5.41) is 11.5.